The lowest BCUT2D eigenvalue weighted by molar-refractivity contribution is -0.129. The van der Waals surface area contributed by atoms with Crippen LogP contribution in [0.25, 0.3) is 0 Å². The average Bonchev–Trinajstić information content (AvgIpc) is 2.99. The summed E-state index contributed by atoms with van der Waals surface area (Å²) in [5.41, 5.74) is 1.15. The summed E-state index contributed by atoms with van der Waals surface area (Å²) in [6, 6.07) is 11.6. The second-order valence-corrected chi connectivity index (χ2v) is 5.77. The van der Waals surface area contributed by atoms with Gasteiger partial charge in [-0.3, -0.25) is 4.79 Å². The van der Waals surface area contributed by atoms with Crippen molar-refractivity contribution < 1.29 is 9.53 Å². The van der Waals surface area contributed by atoms with Crippen molar-refractivity contribution in [3.63, 3.8) is 0 Å². The summed E-state index contributed by atoms with van der Waals surface area (Å²) in [6.07, 6.45) is 0. The van der Waals surface area contributed by atoms with Crippen LogP contribution < -0.4 is 4.74 Å². The van der Waals surface area contributed by atoms with Gasteiger partial charge in [0.25, 0.3) is 5.91 Å². The molecule has 3 nitrogen and oxygen atoms in total. The third-order valence-corrected chi connectivity index (χ3v) is 3.96. The second kappa shape index (κ2) is 7.09. The first kappa shape index (κ1) is 15.3. The Bertz CT molecular complexity index is 602. The van der Waals surface area contributed by atoms with Gasteiger partial charge in [-0.25, -0.2) is 0 Å². The third kappa shape index (κ3) is 4.20. The van der Waals surface area contributed by atoms with Crippen molar-refractivity contribution in [1.82, 2.24) is 4.90 Å². The molecule has 0 aliphatic carbocycles. The normalized spacial score (nSPS) is 10.2. The zero-order valence-corrected chi connectivity index (χ0v) is 13.2. The van der Waals surface area contributed by atoms with E-state index in [0.29, 0.717) is 18.8 Å². The van der Waals surface area contributed by atoms with Crippen molar-refractivity contribution in [3.8, 4) is 5.75 Å². The van der Waals surface area contributed by atoms with Crippen molar-refractivity contribution in [2.45, 2.75) is 20.4 Å². The number of hydrogen-bond donors (Lipinski definition) is 0. The van der Waals surface area contributed by atoms with Crippen molar-refractivity contribution in [2.24, 2.45) is 0 Å². The Labute approximate surface area is 129 Å². The molecule has 0 bridgehead atoms. The summed E-state index contributed by atoms with van der Waals surface area (Å²) in [4.78, 5) is 15.2. The maximum Gasteiger partial charge on any atom is 0.289 e. The Morgan fingerprint density at radius 2 is 2.00 bits per heavy atom. The van der Waals surface area contributed by atoms with Crippen LogP contribution in [0.4, 0.5) is 0 Å². The lowest BCUT2D eigenvalue weighted by Crippen LogP contribution is -2.32. The number of aryl methyl sites for hydroxylation is 1. The minimum atomic E-state index is -0.175. The Kier molecular flexibility index (Phi) is 5.17. The van der Waals surface area contributed by atoms with Crippen LogP contribution in [0, 0.1) is 6.92 Å². The van der Waals surface area contributed by atoms with Crippen molar-refractivity contribution in [2.75, 3.05) is 6.54 Å². The minimum absolute atomic E-state index is 0.150. The van der Waals surface area contributed by atoms with Crippen LogP contribution in [0.5, 0.6) is 5.75 Å². The van der Waals surface area contributed by atoms with E-state index in [0.717, 1.165) is 10.4 Å². The van der Waals surface area contributed by atoms with Crippen LogP contribution in [0.2, 0.25) is 0 Å². The number of carbonyl (C=O) groups excluding carboxylic acids is 1. The van der Waals surface area contributed by atoms with Crippen molar-refractivity contribution in [1.29, 1.82) is 0 Å². The molecule has 1 aromatic heterocycles. The average molecular weight is 301 g/mol. The smallest absolute Gasteiger partial charge is 0.289 e. The molecule has 1 heterocycles. The van der Waals surface area contributed by atoms with Gasteiger partial charge in [-0.2, -0.15) is 0 Å². The molecular formula is C17H19NO2S. The Hall–Kier alpha value is -2.07. The van der Waals surface area contributed by atoms with Crippen LogP contribution in [-0.4, -0.2) is 17.4 Å². The molecule has 0 fully saturated rings. The lowest BCUT2D eigenvalue weighted by Gasteiger charge is -2.21. The maximum absolute atomic E-state index is 12.4. The Morgan fingerprint density at radius 1 is 1.29 bits per heavy atom. The Balaban J connectivity index is 1.99. The third-order valence-electron chi connectivity index (χ3n) is 3.10. The predicted molar refractivity (Wildman–Crippen MR) is 86.4 cm³/mol. The highest BCUT2D eigenvalue weighted by atomic mass is 32.1. The molecule has 0 radical (unpaired) electrons. The molecule has 0 aliphatic heterocycles. The van der Waals surface area contributed by atoms with Crippen LogP contribution in [0.1, 0.15) is 17.4 Å². The monoisotopic (exact) mass is 301 g/mol. The molecule has 0 saturated carbocycles. The number of likely N-dealkylation sites (N-methyl/N-ethyl adjacent to an activating group) is 1. The maximum atomic E-state index is 12.4. The number of rotatable bonds is 6. The van der Waals surface area contributed by atoms with E-state index >= 15 is 0 Å². The van der Waals surface area contributed by atoms with E-state index in [2.05, 4.69) is 6.58 Å². The van der Waals surface area contributed by atoms with Gasteiger partial charge in [0, 0.05) is 11.4 Å². The van der Waals surface area contributed by atoms with Gasteiger partial charge in [-0.1, -0.05) is 30.3 Å². The van der Waals surface area contributed by atoms with E-state index in [-0.39, 0.29) is 11.7 Å². The molecule has 0 atom stereocenters. The standard InChI is InChI=1S/C17H19NO2S/c1-4-18(12-16-6-5-11-21-16)17(19)14(3)20-15-9-7-13(2)8-10-15/h5-11H,3-4,12H2,1-2H3. The molecule has 2 rings (SSSR count). The van der Waals surface area contributed by atoms with Gasteiger partial charge in [0.1, 0.15) is 5.75 Å². The highest BCUT2D eigenvalue weighted by molar-refractivity contribution is 7.09. The van der Waals surface area contributed by atoms with Crippen molar-refractivity contribution in [3.05, 3.63) is 64.6 Å². The number of thiophene rings is 1. The van der Waals surface area contributed by atoms with Crippen LogP contribution in [0.15, 0.2) is 54.1 Å². The van der Waals surface area contributed by atoms with Gasteiger partial charge in [0.05, 0.1) is 6.54 Å². The summed E-state index contributed by atoms with van der Waals surface area (Å²) in [6.45, 7) is 8.92. The fraction of sp³-hybridized carbons (Fsp3) is 0.235. The summed E-state index contributed by atoms with van der Waals surface area (Å²) in [5, 5.41) is 2.01. The van der Waals surface area contributed by atoms with Gasteiger partial charge in [0.15, 0.2) is 5.76 Å². The number of hydrogen-bond acceptors (Lipinski definition) is 3. The van der Waals surface area contributed by atoms with Crippen LogP contribution >= 0.6 is 11.3 Å². The molecule has 0 spiro atoms. The van der Waals surface area contributed by atoms with E-state index in [4.69, 9.17) is 4.74 Å². The second-order valence-electron chi connectivity index (χ2n) is 4.74. The summed E-state index contributed by atoms with van der Waals surface area (Å²) in [5.74, 6) is 0.606. The number of ether oxygens (including phenoxy) is 1. The lowest BCUT2D eigenvalue weighted by atomic mass is 10.2. The minimum Gasteiger partial charge on any atom is -0.452 e. The van der Waals surface area contributed by atoms with Gasteiger partial charge in [0.2, 0.25) is 0 Å². The number of nitrogens with zero attached hydrogens (tertiary/aromatic N) is 1. The quantitative estimate of drug-likeness (QED) is 0.596. The molecule has 1 aromatic carbocycles. The van der Waals surface area contributed by atoms with Crippen LogP contribution in [0.3, 0.4) is 0 Å². The van der Waals surface area contributed by atoms with E-state index in [1.165, 1.54) is 0 Å². The SMILES string of the molecule is C=C(Oc1ccc(C)cc1)C(=O)N(CC)Cc1cccs1. The number of benzene rings is 1. The first-order chi connectivity index (χ1) is 10.1. The molecule has 0 N–H and O–H groups in total. The van der Waals surface area contributed by atoms with Crippen molar-refractivity contribution >= 4 is 17.2 Å². The van der Waals surface area contributed by atoms with Gasteiger partial charge in [-0.05, 0) is 37.4 Å². The molecule has 0 aliphatic rings. The zero-order valence-electron chi connectivity index (χ0n) is 12.3. The van der Waals surface area contributed by atoms with Crippen LogP contribution in [-0.2, 0) is 11.3 Å². The number of carbonyl (C=O) groups is 1. The van der Waals surface area contributed by atoms with E-state index in [9.17, 15) is 4.79 Å². The van der Waals surface area contributed by atoms with Gasteiger partial charge < -0.3 is 9.64 Å². The first-order valence-corrected chi connectivity index (χ1v) is 7.73. The fourth-order valence-electron chi connectivity index (χ4n) is 1.89. The predicted octanol–water partition coefficient (Wildman–Crippen LogP) is 4.00. The molecular weight excluding hydrogens is 282 g/mol. The first-order valence-electron chi connectivity index (χ1n) is 6.85. The molecule has 1 amide bonds. The zero-order chi connectivity index (χ0) is 15.2. The molecule has 21 heavy (non-hydrogen) atoms. The van der Waals surface area contributed by atoms with E-state index in [1.54, 1.807) is 16.2 Å². The number of amides is 1. The Morgan fingerprint density at radius 3 is 2.57 bits per heavy atom. The molecule has 4 heteroatoms. The topological polar surface area (TPSA) is 29.5 Å². The summed E-state index contributed by atoms with van der Waals surface area (Å²) >= 11 is 1.64. The highest BCUT2D eigenvalue weighted by Gasteiger charge is 2.17. The highest BCUT2D eigenvalue weighted by Crippen LogP contribution is 2.17. The molecule has 2 aromatic rings. The fourth-order valence-corrected chi connectivity index (χ4v) is 2.61. The molecule has 0 saturated heterocycles. The molecule has 0 unspecified atom stereocenters. The largest absolute Gasteiger partial charge is 0.452 e. The molecule has 110 valence electrons. The summed E-state index contributed by atoms with van der Waals surface area (Å²) < 4.78 is 5.55. The summed E-state index contributed by atoms with van der Waals surface area (Å²) in [7, 11) is 0. The van der Waals surface area contributed by atoms with Gasteiger partial charge in [-0.15, -0.1) is 11.3 Å². The van der Waals surface area contributed by atoms with Gasteiger partial charge >= 0.3 is 0 Å². The van der Waals surface area contributed by atoms with E-state index < -0.39 is 0 Å². The van der Waals surface area contributed by atoms with E-state index in [1.807, 2.05) is 55.6 Å².